The fourth-order valence-corrected chi connectivity index (χ4v) is 1.36. The van der Waals surface area contributed by atoms with E-state index in [-0.39, 0.29) is 0 Å². The molecule has 0 rings (SSSR count). The van der Waals surface area contributed by atoms with Crippen molar-refractivity contribution in [1.29, 1.82) is 0 Å². The number of rotatable bonds is 9. The van der Waals surface area contributed by atoms with E-state index in [2.05, 4.69) is 25.7 Å². The van der Waals surface area contributed by atoms with Gasteiger partial charge in [-0.3, -0.25) is 0 Å². The first-order valence-corrected chi connectivity index (χ1v) is 5.86. The fourth-order valence-electron chi connectivity index (χ4n) is 1.36. The Labute approximate surface area is 89.4 Å². The molecule has 0 bridgehead atoms. The number of unbranched alkanes of at least 4 members (excludes halogenated alkanes) is 6. The molecule has 0 nitrogen and oxygen atoms in total. The molecule has 0 radical (unpaired) electrons. The van der Waals surface area contributed by atoms with E-state index in [1.165, 1.54) is 44.9 Å². The fraction of sp³-hybridized carbons (Fsp3) is 0.571. The van der Waals surface area contributed by atoms with Gasteiger partial charge in [0.2, 0.25) is 0 Å². The molecule has 0 heterocycles. The molecular formula is C14H24. The maximum absolute atomic E-state index is 3.62. The van der Waals surface area contributed by atoms with Crippen molar-refractivity contribution in [2.24, 2.45) is 0 Å². The normalized spacial score (nSPS) is 11.5. The van der Waals surface area contributed by atoms with Crippen LogP contribution in [0.4, 0.5) is 0 Å². The zero-order chi connectivity index (χ0) is 10.5. The van der Waals surface area contributed by atoms with Crippen molar-refractivity contribution in [3.8, 4) is 0 Å². The van der Waals surface area contributed by atoms with E-state index >= 15 is 0 Å². The first kappa shape index (κ1) is 13.2. The Balaban J connectivity index is 3.08. The van der Waals surface area contributed by atoms with E-state index in [9.17, 15) is 0 Å². The highest BCUT2D eigenvalue weighted by Crippen LogP contribution is 2.06. The van der Waals surface area contributed by atoms with E-state index in [1.54, 1.807) is 6.08 Å². The lowest BCUT2D eigenvalue weighted by Crippen LogP contribution is -1.77. The first-order valence-electron chi connectivity index (χ1n) is 5.86. The van der Waals surface area contributed by atoms with Crippen molar-refractivity contribution in [2.45, 2.75) is 51.9 Å². The zero-order valence-corrected chi connectivity index (χ0v) is 9.54. The molecule has 0 N–H and O–H groups in total. The third-order valence-electron chi connectivity index (χ3n) is 2.22. The highest BCUT2D eigenvalue weighted by atomic mass is 13.9. The molecule has 0 aromatic carbocycles. The SMILES string of the molecule is C=CC=C/C=C/CCCCCCCC. The van der Waals surface area contributed by atoms with Gasteiger partial charge < -0.3 is 0 Å². The molecule has 0 saturated carbocycles. The standard InChI is InChI=1S/C14H24/c1-3-5-7-9-11-13-14-12-10-8-6-4-2/h3,5,7,9,11H,1,4,6,8,10,12-14H2,2H3/b7-5?,11-9+. The number of allylic oxidation sites excluding steroid dienone is 5. The van der Waals surface area contributed by atoms with Gasteiger partial charge in [0.1, 0.15) is 0 Å². The predicted octanol–water partition coefficient (Wildman–Crippen LogP) is 5.04. The van der Waals surface area contributed by atoms with E-state index in [1.807, 2.05) is 12.2 Å². The van der Waals surface area contributed by atoms with Gasteiger partial charge in [-0.1, -0.05) is 76.0 Å². The molecule has 0 aliphatic rings. The molecular weight excluding hydrogens is 168 g/mol. The lowest BCUT2D eigenvalue weighted by atomic mass is 10.1. The number of hydrogen-bond acceptors (Lipinski definition) is 0. The summed E-state index contributed by atoms with van der Waals surface area (Å²) in [5.41, 5.74) is 0. The van der Waals surface area contributed by atoms with Gasteiger partial charge in [0.15, 0.2) is 0 Å². The monoisotopic (exact) mass is 192 g/mol. The van der Waals surface area contributed by atoms with Gasteiger partial charge in [-0.2, -0.15) is 0 Å². The van der Waals surface area contributed by atoms with Crippen LogP contribution in [0.1, 0.15) is 51.9 Å². The van der Waals surface area contributed by atoms with E-state index < -0.39 is 0 Å². The van der Waals surface area contributed by atoms with Gasteiger partial charge in [-0.15, -0.1) is 0 Å². The molecule has 0 aromatic heterocycles. The Morgan fingerprint density at radius 3 is 2.29 bits per heavy atom. The third-order valence-corrected chi connectivity index (χ3v) is 2.22. The molecule has 0 heteroatoms. The second-order valence-corrected chi connectivity index (χ2v) is 3.61. The topological polar surface area (TPSA) is 0 Å². The molecule has 0 aliphatic carbocycles. The molecule has 80 valence electrons. The van der Waals surface area contributed by atoms with Crippen molar-refractivity contribution in [1.82, 2.24) is 0 Å². The summed E-state index contributed by atoms with van der Waals surface area (Å²) in [5.74, 6) is 0. The summed E-state index contributed by atoms with van der Waals surface area (Å²) in [7, 11) is 0. The van der Waals surface area contributed by atoms with Crippen LogP contribution in [0.5, 0.6) is 0 Å². The average Bonchev–Trinajstić information content (AvgIpc) is 2.21. The summed E-state index contributed by atoms with van der Waals surface area (Å²) in [5, 5.41) is 0. The lowest BCUT2D eigenvalue weighted by Gasteiger charge is -1.97. The minimum atomic E-state index is 1.22. The largest absolute Gasteiger partial charge is 0.0991 e. The van der Waals surface area contributed by atoms with Crippen LogP contribution in [0.25, 0.3) is 0 Å². The minimum Gasteiger partial charge on any atom is -0.0991 e. The highest BCUT2D eigenvalue weighted by molar-refractivity contribution is 5.08. The second-order valence-electron chi connectivity index (χ2n) is 3.61. The van der Waals surface area contributed by atoms with Crippen LogP contribution in [-0.4, -0.2) is 0 Å². The second kappa shape index (κ2) is 12.2. The summed E-state index contributed by atoms with van der Waals surface area (Å²) >= 11 is 0. The van der Waals surface area contributed by atoms with Gasteiger partial charge in [0.25, 0.3) is 0 Å². The molecule has 0 atom stereocenters. The molecule has 0 amide bonds. The summed E-state index contributed by atoms with van der Waals surface area (Å²) in [6.45, 7) is 5.87. The quantitative estimate of drug-likeness (QED) is 0.355. The van der Waals surface area contributed by atoms with E-state index in [0.29, 0.717) is 0 Å². The maximum atomic E-state index is 3.62. The highest BCUT2D eigenvalue weighted by Gasteiger charge is 1.87. The van der Waals surface area contributed by atoms with Crippen LogP contribution in [0, 0.1) is 0 Å². The molecule has 0 fully saturated rings. The average molecular weight is 192 g/mol. The Bertz CT molecular complexity index is 163. The van der Waals surface area contributed by atoms with Crippen LogP contribution in [-0.2, 0) is 0 Å². The summed E-state index contributed by atoms with van der Waals surface area (Å²) in [4.78, 5) is 0. The smallest absolute Gasteiger partial charge is 0.0348 e. The molecule has 0 saturated heterocycles. The summed E-state index contributed by atoms with van der Waals surface area (Å²) < 4.78 is 0. The lowest BCUT2D eigenvalue weighted by molar-refractivity contribution is 0.611. The van der Waals surface area contributed by atoms with Crippen molar-refractivity contribution >= 4 is 0 Å². The molecule has 0 spiro atoms. The number of hydrogen-bond donors (Lipinski definition) is 0. The summed E-state index contributed by atoms with van der Waals surface area (Å²) in [6, 6.07) is 0. The Kier molecular flexibility index (Phi) is 11.5. The van der Waals surface area contributed by atoms with Crippen LogP contribution in [0.15, 0.2) is 37.0 Å². The van der Waals surface area contributed by atoms with Crippen molar-refractivity contribution in [3.05, 3.63) is 37.0 Å². The van der Waals surface area contributed by atoms with Crippen molar-refractivity contribution in [3.63, 3.8) is 0 Å². The van der Waals surface area contributed by atoms with Gasteiger partial charge in [0, 0.05) is 0 Å². The predicted molar refractivity (Wildman–Crippen MR) is 66.5 cm³/mol. The van der Waals surface area contributed by atoms with Gasteiger partial charge >= 0.3 is 0 Å². The van der Waals surface area contributed by atoms with E-state index in [4.69, 9.17) is 0 Å². The molecule has 0 aliphatic heterocycles. The van der Waals surface area contributed by atoms with Crippen molar-refractivity contribution in [2.75, 3.05) is 0 Å². The van der Waals surface area contributed by atoms with Crippen molar-refractivity contribution < 1.29 is 0 Å². The molecule has 14 heavy (non-hydrogen) atoms. The van der Waals surface area contributed by atoms with Gasteiger partial charge in [-0.25, -0.2) is 0 Å². The summed E-state index contributed by atoms with van der Waals surface area (Å²) in [6.07, 6.45) is 19.6. The Morgan fingerprint density at radius 2 is 1.57 bits per heavy atom. The zero-order valence-electron chi connectivity index (χ0n) is 9.54. The minimum absolute atomic E-state index is 1.22. The Hall–Kier alpha value is -0.780. The third kappa shape index (κ3) is 11.2. The van der Waals surface area contributed by atoms with Crippen LogP contribution < -0.4 is 0 Å². The first-order chi connectivity index (χ1) is 6.91. The van der Waals surface area contributed by atoms with Gasteiger partial charge in [0.05, 0.1) is 0 Å². The van der Waals surface area contributed by atoms with Crippen LogP contribution >= 0.6 is 0 Å². The Morgan fingerprint density at radius 1 is 0.857 bits per heavy atom. The van der Waals surface area contributed by atoms with E-state index in [0.717, 1.165) is 0 Å². The van der Waals surface area contributed by atoms with Crippen LogP contribution in [0.3, 0.4) is 0 Å². The van der Waals surface area contributed by atoms with Gasteiger partial charge in [-0.05, 0) is 12.8 Å². The molecule has 0 aromatic rings. The maximum Gasteiger partial charge on any atom is -0.0348 e. The molecule has 0 unspecified atom stereocenters. The van der Waals surface area contributed by atoms with Crippen LogP contribution in [0.2, 0.25) is 0 Å².